The fraction of sp³-hybridized carbons (Fsp3) is 0.0588. The van der Waals surface area contributed by atoms with Crippen molar-refractivity contribution in [3.05, 3.63) is 58.8 Å². The Morgan fingerprint density at radius 2 is 2.05 bits per heavy atom. The number of aryl methyl sites for hydroxylation is 1. The molecule has 2 aromatic heterocycles. The predicted octanol–water partition coefficient (Wildman–Crippen LogP) is 4.42. The van der Waals surface area contributed by atoms with E-state index in [0.29, 0.717) is 27.6 Å². The van der Waals surface area contributed by atoms with Crippen LogP contribution < -0.4 is 5.73 Å². The van der Waals surface area contributed by atoms with Gasteiger partial charge in [-0.3, -0.25) is 0 Å². The first-order valence-corrected chi connectivity index (χ1v) is 6.99. The summed E-state index contributed by atoms with van der Waals surface area (Å²) in [5.74, 6) is 1.52. The Labute approximate surface area is 132 Å². The van der Waals surface area contributed by atoms with Crippen molar-refractivity contribution in [3.63, 3.8) is 0 Å². The minimum atomic E-state index is 0.170. The number of nitriles is 1. The van der Waals surface area contributed by atoms with Crippen molar-refractivity contribution in [2.45, 2.75) is 6.92 Å². The van der Waals surface area contributed by atoms with Crippen LogP contribution in [0.1, 0.15) is 11.3 Å². The zero-order valence-corrected chi connectivity index (χ0v) is 12.6. The number of rotatable bonds is 2. The summed E-state index contributed by atoms with van der Waals surface area (Å²) in [6.45, 7) is 1.85. The lowest BCUT2D eigenvalue weighted by atomic mass is 10.0. The summed E-state index contributed by atoms with van der Waals surface area (Å²) in [6.07, 6.45) is 0. The number of nitrogens with two attached hydrogens (primary N) is 1. The van der Waals surface area contributed by atoms with E-state index in [1.54, 1.807) is 18.2 Å². The van der Waals surface area contributed by atoms with Gasteiger partial charge in [-0.15, -0.1) is 0 Å². The fourth-order valence-corrected chi connectivity index (χ4v) is 2.44. The van der Waals surface area contributed by atoms with E-state index in [1.165, 1.54) is 0 Å². The molecule has 5 heteroatoms. The Balaban J connectivity index is 2.23. The van der Waals surface area contributed by atoms with E-state index in [9.17, 15) is 5.26 Å². The number of halogens is 1. The molecule has 3 rings (SSSR count). The summed E-state index contributed by atoms with van der Waals surface area (Å²) < 4.78 is 5.62. The topological polar surface area (TPSA) is 75.8 Å². The second-order valence-corrected chi connectivity index (χ2v) is 5.28. The highest BCUT2D eigenvalue weighted by molar-refractivity contribution is 6.30. The molecule has 108 valence electrons. The standard InChI is InChI=1S/C17H12ClN3O/c1-10-5-6-16(22-10)13-8-15(21-17(20)14(13)9-19)11-3-2-4-12(18)7-11/h2-8H,1H3,(H2,20,21). The van der Waals surface area contributed by atoms with Crippen LogP contribution in [0.15, 0.2) is 46.9 Å². The maximum absolute atomic E-state index is 9.34. The molecule has 0 spiro atoms. The van der Waals surface area contributed by atoms with Gasteiger partial charge in [0.1, 0.15) is 29.0 Å². The van der Waals surface area contributed by atoms with E-state index < -0.39 is 0 Å². The summed E-state index contributed by atoms with van der Waals surface area (Å²) in [4.78, 5) is 4.30. The molecule has 0 saturated carbocycles. The van der Waals surface area contributed by atoms with E-state index in [-0.39, 0.29) is 5.82 Å². The van der Waals surface area contributed by atoms with Crippen LogP contribution in [0.2, 0.25) is 5.02 Å². The number of furan rings is 1. The molecule has 0 atom stereocenters. The molecule has 0 aliphatic carbocycles. The van der Waals surface area contributed by atoms with E-state index in [4.69, 9.17) is 21.8 Å². The summed E-state index contributed by atoms with van der Waals surface area (Å²) in [5, 5.41) is 9.95. The molecule has 2 N–H and O–H groups in total. The van der Waals surface area contributed by atoms with Gasteiger partial charge in [-0.05, 0) is 37.3 Å². The lowest BCUT2D eigenvalue weighted by Gasteiger charge is -2.08. The maximum atomic E-state index is 9.34. The van der Waals surface area contributed by atoms with Gasteiger partial charge in [-0.25, -0.2) is 4.98 Å². The van der Waals surface area contributed by atoms with Crippen molar-refractivity contribution in [2.75, 3.05) is 5.73 Å². The van der Waals surface area contributed by atoms with Crippen LogP contribution in [0.3, 0.4) is 0 Å². The zero-order chi connectivity index (χ0) is 15.7. The summed E-state index contributed by atoms with van der Waals surface area (Å²) in [7, 11) is 0. The molecule has 2 heterocycles. The van der Waals surface area contributed by atoms with Crippen molar-refractivity contribution in [3.8, 4) is 28.7 Å². The maximum Gasteiger partial charge on any atom is 0.142 e. The molecular formula is C17H12ClN3O. The van der Waals surface area contributed by atoms with E-state index in [1.807, 2.05) is 31.2 Å². The van der Waals surface area contributed by atoms with E-state index in [2.05, 4.69) is 11.1 Å². The van der Waals surface area contributed by atoms with Gasteiger partial charge < -0.3 is 10.2 Å². The molecule has 0 fully saturated rings. The molecule has 4 nitrogen and oxygen atoms in total. The van der Waals surface area contributed by atoms with E-state index >= 15 is 0 Å². The first-order valence-electron chi connectivity index (χ1n) is 6.62. The van der Waals surface area contributed by atoms with Crippen LogP contribution in [-0.2, 0) is 0 Å². The highest BCUT2D eigenvalue weighted by Crippen LogP contribution is 2.32. The van der Waals surface area contributed by atoms with Crippen LogP contribution in [0.5, 0.6) is 0 Å². The summed E-state index contributed by atoms with van der Waals surface area (Å²) >= 11 is 6.02. The highest BCUT2D eigenvalue weighted by atomic mass is 35.5. The number of aromatic nitrogens is 1. The number of pyridine rings is 1. The number of hydrogen-bond donors (Lipinski definition) is 1. The second-order valence-electron chi connectivity index (χ2n) is 4.85. The van der Waals surface area contributed by atoms with Gasteiger partial charge in [-0.2, -0.15) is 5.26 Å². The Kier molecular flexibility index (Phi) is 3.58. The van der Waals surface area contributed by atoms with Crippen LogP contribution in [-0.4, -0.2) is 4.98 Å². The zero-order valence-electron chi connectivity index (χ0n) is 11.8. The third-order valence-electron chi connectivity index (χ3n) is 3.29. The third-order valence-corrected chi connectivity index (χ3v) is 3.52. The van der Waals surface area contributed by atoms with Crippen molar-refractivity contribution in [2.24, 2.45) is 0 Å². The van der Waals surface area contributed by atoms with Crippen molar-refractivity contribution in [1.82, 2.24) is 4.98 Å². The van der Waals surface area contributed by atoms with E-state index in [0.717, 1.165) is 11.3 Å². The number of anilines is 1. The average molecular weight is 310 g/mol. The lowest BCUT2D eigenvalue weighted by Crippen LogP contribution is -1.99. The SMILES string of the molecule is Cc1ccc(-c2cc(-c3cccc(Cl)c3)nc(N)c2C#N)o1. The van der Waals surface area contributed by atoms with Crippen molar-refractivity contribution in [1.29, 1.82) is 5.26 Å². The number of hydrogen-bond acceptors (Lipinski definition) is 4. The molecule has 0 aliphatic rings. The van der Waals surface area contributed by atoms with Gasteiger partial charge >= 0.3 is 0 Å². The smallest absolute Gasteiger partial charge is 0.142 e. The largest absolute Gasteiger partial charge is 0.461 e. The number of nitrogen functional groups attached to an aromatic ring is 1. The number of nitrogens with zero attached hydrogens (tertiary/aromatic N) is 2. The van der Waals surface area contributed by atoms with Gasteiger partial charge in [0.25, 0.3) is 0 Å². The van der Waals surface area contributed by atoms with Crippen LogP contribution in [0, 0.1) is 18.3 Å². The Morgan fingerprint density at radius 3 is 2.68 bits per heavy atom. The Bertz CT molecular complexity index is 893. The monoisotopic (exact) mass is 309 g/mol. The van der Waals surface area contributed by atoms with Crippen molar-refractivity contribution >= 4 is 17.4 Å². The van der Waals surface area contributed by atoms with Gasteiger partial charge in [0, 0.05) is 16.1 Å². The molecule has 0 unspecified atom stereocenters. The van der Waals surface area contributed by atoms with Gasteiger partial charge in [0.05, 0.1) is 5.69 Å². The van der Waals surface area contributed by atoms with Crippen LogP contribution >= 0.6 is 11.6 Å². The predicted molar refractivity (Wildman–Crippen MR) is 86.2 cm³/mol. The minimum Gasteiger partial charge on any atom is -0.461 e. The number of benzene rings is 1. The highest BCUT2D eigenvalue weighted by Gasteiger charge is 2.15. The molecule has 0 radical (unpaired) electrons. The first-order chi connectivity index (χ1) is 10.6. The van der Waals surface area contributed by atoms with Crippen LogP contribution in [0.4, 0.5) is 5.82 Å². The molecule has 22 heavy (non-hydrogen) atoms. The Morgan fingerprint density at radius 1 is 1.23 bits per heavy atom. The first kappa shape index (κ1) is 14.2. The van der Waals surface area contributed by atoms with Gasteiger partial charge in [0.15, 0.2) is 0 Å². The molecule has 0 bridgehead atoms. The molecule has 0 saturated heterocycles. The Hall–Kier alpha value is -2.77. The third kappa shape index (κ3) is 2.54. The van der Waals surface area contributed by atoms with Crippen molar-refractivity contribution < 1.29 is 4.42 Å². The second kappa shape index (κ2) is 5.55. The van der Waals surface area contributed by atoms with Gasteiger partial charge in [-0.1, -0.05) is 23.7 Å². The summed E-state index contributed by atoms with van der Waals surface area (Å²) in [6, 6.07) is 14.8. The van der Waals surface area contributed by atoms with Gasteiger partial charge in [0.2, 0.25) is 0 Å². The minimum absolute atomic E-state index is 0.170. The average Bonchev–Trinajstić information content (AvgIpc) is 2.93. The molecular weight excluding hydrogens is 298 g/mol. The molecule has 0 amide bonds. The molecule has 1 aromatic carbocycles. The summed E-state index contributed by atoms with van der Waals surface area (Å²) in [5.41, 5.74) is 8.34. The molecule has 3 aromatic rings. The lowest BCUT2D eigenvalue weighted by molar-refractivity contribution is 0.548. The fourth-order valence-electron chi connectivity index (χ4n) is 2.25. The molecule has 0 aliphatic heterocycles. The quantitative estimate of drug-likeness (QED) is 0.760. The normalized spacial score (nSPS) is 10.4. The van der Waals surface area contributed by atoms with Crippen LogP contribution in [0.25, 0.3) is 22.6 Å².